The van der Waals surface area contributed by atoms with Crippen LogP contribution in [0.3, 0.4) is 0 Å². The zero-order chi connectivity index (χ0) is 15.4. The molecule has 2 rings (SSSR count). The van der Waals surface area contributed by atoms with E-state index in [-0.39, 0.29) is 11.9 Å². The van der Waals surface area contributed by atoms with E-state index >= 15 is 0 Å². The number of nitrogens with zero attached hydrogens (tertiary/aromatic N) is 1. The number of carbonyl (C=O) groups excluding carboxylic acids is 1. The second-order valence-electron chi connectivity index (χ2n) is 5.71. The molecule has 0 saturated carbocycles. The molecular weight excluding hydrogens is 396 g/mol. The van der Waals surface area contributed by atoms with Crippen LogP contribution in [0.4, 0.5) is 5.69 Å². The number of anilines is 1. The van der Waals surface area contributed by atoms with Gasteiger partial charge in [-0.2, -0.15) is 0 Å². The Morgan fingerprint density at radius 3 is 2.19 bits per heavy atom. The first-order valence-corrected chi connectivity index (χ1v) is 9.08. The van der Waals surface area contributed by atoms with Gasteiger partial charge in [-0.1, -0.05) is 12.8 Å². The fraction of sp³-hybridized carbons (Fsp3) is 0.562. The lowest BCUT2D eigenvalue weighted by molar-refractivity contribution is -0.131. The molecule has 1 aliphatic rings. The van der Waals surface area contributed by atoms with Crippen molar-refractivity contribution < 1.29 is 4.79 Å². The predicted molar refractivity (Wildman–Crippen MR) is 94.7 cm³/mol. The van der Waals surface area contributed by atoms with Crippen LogP contribution < -0.4 is 5.32 Å². The molecule has 1 aliphatic heterocycles. The van der Waals surface area contributed by atoms with Crippen molar-refractivity contribution in [2.75, 3.05) is 18.4 Å². The first-order valence-electron chi connectivity index (χ1n) is 7.50. The van der Waals surface area contributed by atoms with Crippen LogP contribution >= 0.6 is 31.9 Å². The Hall–Kier alpha value is -0.550. The number of likely N-dealkylation sites (tertiary alicyclic amines) is 1. The molecule has 1 aromatic rings. The molecule has 1 saturated heterocycles. The van der Waals surface area contributed by atoms with Crippen LogP contribution in [0.25, 0.3) is 0 Å². The van der Waals surface area contributed by atoms with Crippen molar-refractivity contribution in [1.82, 2.24) is 4.90 Å². The van der Waals surface area contributed by atoms with Gasteiger partial charge in [0.15, 0.2) is 0 Å². The summed E-state index contributed by atoms with van der Waals surface area (Å²) in [5, 5.41) is 3.34. The normalized spacial score (nSPS) is 17.2. The molecule has 21 heavy (non-hydrogen) atoms. The van der Waals surface area contributed by atoms with E-state index in [1.54, 1.807) is 0 Å². The number of amides is 1. The molecule has 1 amide bonds. The Balaban J connectivity index is 2.06. The minimum absolute atomic E-state index is 0.191. The molecule has 0 aromatic heterocycles. The lowest BCUT2D eigenvalue weighted by Crippen LogP contribution is -2.42. The molecule has 0 spiro atoms. The average molecular weight is 418 g/mol. The highest BCUT2D eigenvalue weighted by Crippen LogP contribution is 2.33. The van der Waals surface area contributed by atoms with E-state index in [0.717, 1.165) is 40.6 Å². The van der Waals surface area contributed by atoms with Gasteiger partial charge >= 0.3 is 0 Å². The Bertz CT molecular complexity index is 488. The SMILES string of the molecule is Cc1cc(Br)c(NC(C)C(=O)N2CCCCCC2)c(Br)c1. The van der Waals surface area contributed by atoms with Crippen molar-refractivity contribution in [1.29, 1.82) is 0 Å². The van der Waals surface area contributed by atoms with E-state index in [2.05, 4.69) is 49.3 Å². The maximum Gasteiger partial charge on any atom is 0.244 e. The molecule has 1 unspecified atom stereocenters. The number of hydrogen-bond donors (Lipinski definition) is 1. The lowest BCUT2D eigenvalue weighted by atomic mass is 10.2. The van der Waals surface area contributed by atoms with Crippen molar-refractivity contribution >= 4 is 43.5 Å². The van der Waals surface area contributed by atoms with Crippen LogP contribution in [-0.2, 0) is 4.79 Å². The summed E-state index contributed by atoms with van der Waals surface area (Å²) in [5.41, 5.74) is 2.11. The van der Waals surface area contributed by atoms with Gasteiger partial charge in [0.2, 0.25) is 5.91 Å². The molecule has 1 fully saturated rings. The standard InChI is InChI=1S/C16H22Br2N2O/c1-11-9-13(17)15(14(18)10-11)19-12(2)16(21)20-7-5-3-4-6-8-20/h9-10,12,19H,3-8H2,1-2H3. The highest BCUT2D eigenvalue weighted by molar-refractivity contribution is 9.11. The van der Waals surface area contributed by atoms with E-state index in [1.165, 1.54) is 18.4 Å². The smallest absolute Gasteiger partial charge is 0.244 e. The molecule has 1 aromatic carbocycles. The molecule has 0 bridgehead atoms. The van der Waals surface area contributed by atoms with Gasteiger partial charge in [-0.25, -0.2) is 0 Å². The first-order chi connectivity index (χ1) is 9.99. The number of aryl methyl sites for hydroxylation is 1. The Morgan fingerprint density at radius 1 is 1.14 bits per heavy atom. The quantitative estimate of drug-likeness (QED) is 0.771. The van der Waals surface area contributed by atoms with Gasteiger partial charge in [-0.3, -0.25) is 4.79 Å². The molecule has 116 valence electrons. The summed E-state index contributed by atoms with van der Waals surface area (Å²) in [6, 6.07) is 3.88. The van der Waals surface area contributed by atoms with E-state index in [0.29, 0.717) is 0 Å². The summed E-state index contributed by atoms with van der Waals surface area (Å²) in [4.78, 5) is 14.6. The second-order valence-corrected chi connectivity index (χ2v) is 7.42. The van der Waals surface area contributed by atoms with Crippen molar-refractivity contribution in [3.63, 3.8) is 0 Å². The van der Waals surface area contributed by atoms with Crippen LogP contribution in [-0.4, -0.2) is 29.9 Å². The minimum atomic E-state index is -0.224. The van der Waals surface area contributed by atoms with Crippen LogP contribution in [0.2, 0.25) is 0 Å². The third-order valence-electron chi connectivity index (χ3n) is 3.84. The van der Waals surface area contributed by atoms with Gasteiger partial charge in [0.05, 0.1) is 5.69 Å². The number of carbonyl (C=O) groups is 1. The van der Waals surface area contributed by atoms with Gasteiger partial charge in [-0.05, 0) is 76.2 Å². The first kappa shape index (κ1) is 16.8. The third kappa shape index (κ3) is 4.46. The molecule has 0 aliphatic carbocycles. The number of hydrogen-bond acceptors (Lipinski definition) is 2. The van der Waals surface area contributed by atoms with E-state index in [9.17, 15) is 4.79 Å². The predicted octanol–water partition coefficient (Wildman–Crippen LogP) is 4.72. The van der Waals surface area contributed by atoms with Crippen molar-refractivity contribution in [3.8, 4) is 0 Å². The summed E-state index contributed by atoms with van der Waals surface area (Å²) >= 11 is 7.13. The van der Waals surface area contributed by atoms with Gasteiger partial charge in [-0.15, -0.1) is 0 Å². The summed E-state index contributed by atoms with van der Waals surface area (Å²) in [5.74, 6) is 0.191. The fourth-order valence-electron chi connectivity index (χ4n) is 2.68. The molecule has 1 heterocycles. The largest absolute Gasteiger partial charge is 0.372 e. The highest BCUT2D eigenvalue weighted by Gasteiger charge is 2.22. The van der Waals surface area contributed by atoms with Crippen LogP contribution in [0.15, 0.2) is 21.1 Å². The summed E-state index contributed by atoms with van der Waals surface area (Å²) in [7, 11) is 0. The van der Waals surface area contributed by atoms with Crippen molar-refractivity contribution in [2.24, 2.45) is 0 Å². The number of halogens is 2. The van der Waals surface area contributed by atoms with Crippen molar-refractivity contribution in [2.45, 2.75) is 45.6 Å². The Kier molecular flexibility index (Phi) is 6.11. The molecule has 0 radical (unpaired) electrons. The fourth-order valence-corrected chi connectivity index (χ4v) is 4.33. The Morgan fingerprint density at radius 2 is 1.67 bits per heavy atom. The van der Waals surface area contributed by atoms with Gasteiger partial charge in [0.1, 0.15) is 6.04 Å². The van der Waals surface area contributed by atoms with Crippen LogP contribution in [0, 0.1) is 6.92 Å². The highest BCUT2D eigenvalue weighted by atomic mass is 79.9. The summed E-state index contributed by atoms with van der Waals surface area (Å²) in [6.45, 7) is 5.76. The number of nitrogens with one attached hydrogen (secondary N) is 1. The van der Waals surface area contributed by atoms with Gasteiger partial charge in [0, 0.05) is 22.0 Å². The monoisotopic (exact) mass is 416 g/mol. The maximum absolute atomic E-state index is 12.6. The maximum atomic E-state index is 12.6. The topological polar surface area (TPSA) is 32.3 Å². The second kappa shape index (κ2) is 7.63. The molecule has 1 N–H and O–H groups in total. The lowest BCUT2D eigenvalue weighted by Gasteiger charge is -2.26. The van der Waals surface area contributed by atoms with E-state index < -0.39 is 0 Å². The molecule has 3 nitrogen and oxygen atoms in total. The molecule has 1 atom stereocenters. The van der Waals surface area contributed by atoms with E-state index in [4.69, 9.17) is 0 Å². The minimum Gasteiger partial charge on any atom is -0.372 e. The van der Waals surface area contributed by atoms with Crippen LogP contribution in [0.1, 0.15) is 38.2 Å². The van der Waals surface area contributed by atoms with Gasteiger partial charge < -0.3 is 10.2 Å². The summed E-state index contributed by atoms with van der Waals surface area (Å²) < 4.78 is 1.95. The van der Waals surface area contributed by atoms with Crippen LogP contribution in [0.5, 0.6) is 0 Å². The van der Waals surface area contributed by atoms with E-state index in [1.807, 2.05) is 18.7 Å². The zero-order valence-corrected chi connectivity index (χ0v) is 15.8. The molecule has 5 heteroatoms. The van der Waals surface area contributed by atoms with Crippen molar-refractivity contribution in [3.05, 3.63) is 26.6 Å². The Labute approximate surface area is 143 Å². The zero-order valence-electron chi connectivity index (χ0n) is 12.6. The number of rotatable bonds is 3. The third-order valence-corrected chi connectivity index (χ3v) is 5.09. The molecular formula is C16H22Br2N2O. The van der Waals surface area contributed by atoms with Gasteiger partial charge in [0.25, 0.3) is 0 Å². The number of benzene rings is 1. The average Bonchev–Trinajstić information content (AvgIpc) is 2.70. The summed E-state index contributed by atoms with van der Waals surface area (Å²) in [6.07, 6.45) is 4.72.